The van der Waals surface area contributed by atoms with Gasteiger partial charge >= 0.3 is 0 Å². The van der Waals surface area contributed by atoms with E-state index in [-0.39, 0.29) is 85.5 Å². The molecule has 0 spiro atoms. The molecule has 23 nitrogen and oxygen atoms in total. The first-order chi connectivity index (χ1) is 54.7. The average Bonchev–Trinajstić information content (AvgIpc) is 1.48. The second kappa shape index (κ2) is 41.7. The number of amides is 2. The maximum absolute atomic E-state index is 13.7. The fourth-order valence-corrected chi connectivity index (χ4v) is 14.9. The van der Waals surface area contributed by atoms with Gasteiger partial charge in [-0.3, -0.25) is 9.59 Å². The molecular weight excluding hydrogens is 1720 g/mol. The molecule has 118 heavy (non-hydrogen) atoms. The minimum atomic E-state index is -2.02. The lowest BCUT2D eigenvalue weighted by Gasteiger charge is -2.37. The first kappa shape index (κ1) is 93.0. The van der Waals surface area contributed by atoms with E-state index in [0.717, 1.165) is 95.7 Å². The van der Waals surface area contributed by atoms with Gasteiger partial charge in [-0.1, -0.05) is 154 Å². The van der Waals surface area contributed by atoms with Crippen molar-refractivity contribution < 1.29 is 19.1 Å². The fourth-order valence-electron chi connectivity index (χ4n) is 12.1. The summed E-state index contributed by atoms with van der Waals surface area (Å²) in [4.78, 5) is 79.5. The van der Waals surface area contributed by atoms with E-state index in [0.29, 0.717) is 36.2 Å². The van der Waals surface area contributed by atoms with Gasteiger partial charge in [-0.25, -0.2) is 59.8 Å². The summed E-state index contributed by atoms with van der Waals surface area (Å²) >= 11 is 31.6. The lowest BCUT2D eigenvalue weighted by atomic mass is 10.1. The van der Waals surface area contributed by atoms with Crippen molar-refractivity contribution in [3.05, 3.63) is 283 Å². The zero-order valence-electron chi connectivity index (χ0n) is 64.1. The van der Waals surface area contributed by atoms with Gasteiger partial charge in [0.25, 0.3) is 11.8 Å². The molecule has 0 fully saturated rings. The second-order valence-corrected chi connectivity index (χ2v) is 36.0. The van der Waals surface area contributed by atoms with Crippen LogP contribution in [0.25, 0.3) is 72.4 Å². The fraction of sp³-hybridized carbons (Fsp3) is 0.250. The number of nitrogens with zero attached hydrogens (tertiary/aromatic N) is 18. The number of hydrogen-bond donors (Lipinski definition) is 2. The Morgan fingerprint density at radius 3 is 1.24 bits per heavy atom. The highest BCUT2D eigenvalue weighted by molar-refractivity contribution is 9.10. The number of carbonyl (C=O) groups is 2. The zero-order valence-corrected chi connectivity index (χ0v) is 71.3. The van der Waals surface area contributed by atoms with E-state index in [9.17, 15) is 14.7 Å². The molecule has 16 rings (SSSR count). The largest absolute Gasteiger partial charge is 0.415 e. The van der Waals surface area contributed by atoms with Crippen LogP contribution in [0.15, 0.2) is 217 Å². The van der Waals surface area contributed by atoms with Crippen molar-refractivity contribution in [3.8, 4) is 22.7 Å². The maximum Gasteiger partial charge on any atom is 0.264 e. The normalized spacial score (nSPS) is 11.2. The van der Waals surface area contributed by atoms with E-state index in [2.05, 4.69) is 226 Å². The molecule has 1 aliphatic rings. The molecule has 0 saturated heterocycles. The highest BCUT2D eigenvalue weighted by Crippen LogP contribution is 2.38. The van der Waals surface area contributed by atoms with Gasteiger partial charge in [0.05, 0.1) is 108 Å². The first-order valence-corrected chi connectivity index (χ1v) is 42.4. The number of rotatable bonds is 17. The molecule has 0 unspecified atom stereocenters. The lowest BCUT2D eigenvalue weighted by Crippen LogP contribution is -2.43. The van der Waals surface area contributed by atoms with E-state index in [4.69, 9.17) is 50.8 Å². The summed E-state index contributed by atoms with van der Waals surface area (Å²) in [6, 6.07) is 38.5. The Morgan fingerprint density at radius 1 is 0.492 bits per heavy atom. The van der Waals surface area contributed by atoms with Gasteiger partial charge in [0.15, 0.2) is 8.32 Å². The SMILES string of the molecule is Brc1ccc2c(c1)C=CC2.C.C.C.C.CCCNc1ccc2c(ccn2-c2cnc(C)nc2)c1.Cc1ncc(-n2ccc3cc(Br)ccc32)cn1.Cc1ncc(-n2ccc3cc(N(CCO)C(=O)c4c(Cl)ncnc4Cl)ccc32)cn1.Cc1ncc(-n2ccc3cc(N(CCO[Si](C)(C)C(C)(C)C)C(=O)c4c(Cl)ncnc4Cl)ccc32)cn1. The van der Waals surface area contributed by atoms with Crippen molar-refractivity contribution in [1.82, 2.24) is 78.1 Å². The predicted molar refractivity (Wildman–Crippen MR) is 492 cm³/mol. The number of aliphatic hydroxyl groups is 1. The van der Waals surface area contributed by atoms with Crippen LogP contribution in [0.1, 0.15) is 119 Å². The van der Waals surface area contributed by atoms with Crippen molar-refractivity contribution in [2.45, 2.75) is 116 Å². The lowest BCUT2D eigenvalue weighted by molar-refractivity contribution is 0.0973. The second-order valence-electron chi connectivity index (χ2n) is 27.9. The summed E-state index contributed by atoms with van der Waals surface area (Å²) < 4.78 is 16.8. The van der Waals surface area contributed by atoms with Crippen LogP contribution in [0.5, 0.6) is 0 Å². The number of allylic oxidation sites excluding steroid dienone is 1. The Kier molecular flexibility index (Phi) is 32.9. The number of nitrogens with one attached hydrogen (secondary N) is 1. The minimum absolute atomic E-state index is 0. The highest BCUT2D eigenvalue weighted by atomic mass is 79.9. The van der Waals surface area contributed by atoms with E-state index >= 15 is 0 Å². The summed E-state index contributed by atoms with van der Waals surface area (Å²) in [5.41, 5.74) is 13.1. The van der Waals surface area contributed by atoms with Crippen molar-refractivity contribution in [3.63, 3.8) is 0 Å². The highest BCUT2D eigenvalue weighted by Gasteiger charge is 2.37. The van der Waals surface area contributed by atoms with Crippen LogP contribution in [0.2, 0.25) is 38.7 Å². The zero-order chi connectivity index (χ0) is 81.0. The molecule has 0 atom stereocenters. The predicted octanol–water partition coefficient (Wildman–Crippen LogP) is 22.6. The molecule has 2 N–H and O–H groups in total. The molecule has 15 aromatic rings. The molecule has 10 aromatic heterocycles. The molecule has 0 saturated carbocycles. The van der Waals surface area contributed by atoms with Gasteiger partial charge in [0.1, 0.15) is 67.7 Å². The van der Waals surface area contributed by atoms with Crippen molar-refractivity contribution >= 4 is 165 Å². The first-order valence-electron chi connectivity index (χ1n) is 36.4. The number of fused-ring (bicyclic) bond motifs is 5. The van der Waals surface area contributed by atoms with Crippen LogP contribution in [0, 0.1) is 27.7 Å². The number of halogens is 6. The summed E-state index contributed by atoms with van der Waals surface area (Å²) in [7, 11) is -2.02. The third-order valence-corrected chi connectivity index (χ3v) is 25.8. The quantitative estimate of drug-likeness (QED) is 0.0634. The third-order valence-electron chi connectivity index (χ3n) is 19.2. The minimum Gasteiger partial charge on any atom is -0.415 e. The number of carbonyl (C=O) groups excluding carboxylic acids is 2. The van der Waals surface area contributed by atoms with Gasteiger partial charge in [-0.2, -0.15) is 0 Å². The third kappa shape index (κ3) is 22.2. The molecular formula is C88H97Br2Cl4N19O4Si. The number of benzene rings is 5. The molecule has 0 radical (unpaired) electrons. The number of aromatic nitrogens is 16. The Morgan fingerprint density at radius 2 is 0.847 bits per heavy atom. The number of aliphatic hydroxyl groups excluding tert-OH is 1. The Hall–Kier alpha value is -10.5. The Balaban J connectivity index is 0.000000192. The van der Waals surface area contributed by atoms with Crippen LogP contribution in [0.3, 0.4) is 0 Å². The molecule has 0 aliphatic heterocycles. The average molecular weight is 1810 g/mol. The molecule has 5 aromatic carbocycles. The monoisotopic (exact) mass is 1810 g/mol. The Labute approximate surface area is 727 Å². The topological polar surface area (TPSA) is 257 Å². The van der Waals surface area contributed by atoms with Gasteiger partial charge in [0.2, 0.25) is 0 Å². The van der Waals surface area contributed by atoms with Gasteiger partial charge in [0, 0.05) is 92.0 Å². The van der Waals surface area contributed by atoms with Crippen LogP contribution in [-0.4, -0.2) is 136 Å². The van der Waals surface area contributed by atoms with E-state index < -0.39 is 14.2 Å². The van der Waals surface area contributed by atoms with Crippen LogP contribution >= 0.6 is 78.3 Å². The molecule has 10 heterocycles. The maximum atomic E-state index is 13.7. The van der Waals surface area contributed by atoms with Gasteiger partial charge < -0.3 is 42.9 Å². The molecule has 614 valence electrons. The van der Waals surface area contributed by atoms with Crippen molar-refractivity contribution in [1.29, 1.82) is 0 Å². The van der Waals surface area contributed by atoms with Crippen LogP contribution < -0.4 is 15.1 Å². The van der Waals surface area contributed by atoms with Gasteiger partial charge in [-0.15, -0.1) is 0 Å². The molecule has 30 heteroatoms. The summed E-state index contributed by atoms with van der Waals surface area (Å²) in [6.07, 6.45) is 31.4. The molecule has 2 amide bonds. The van der Waals surface area contributed by atoms with Gasteiger partial charge in [-0.05, 0) is 179 Å². The number of anilines is 3. The van der Waals surface area contributed by atoms with E-state index in [1.807, 2.05) is 129 Å². The molecule has 1 aliphatic carbocycles. The smallest absolute Gasteiger partial charge is 0.264 e. The van der Waals surface area contributed by atoms with E-state index in [1.165, 1.54) is 45.0 Å². The van der Waals surface area contributed by atoms with Crippen molar-refractivity contribution in [2.75, 3.05) is 48.0 Å². The summed E-state index contributed by atoms with van der Waals surface area (Å²) in [5.74, 6) is 2.09. The van der Waals surface area contributed by atoms with Crippen LogP contribution in [-0.2, 0) is 10.8 Å². The summed E-state index contributed by atoms with van der Waals surface area (Å²) in [6.45, 7) is 22.0. The summed E-state index contributed by atoms with van der Waals surface area (Å²) in [5, 5.41) is 17.1. The van der Waals surface area contributed by atoms with Crippen LogP contribution in [0.4, 0.5) is 17.1 Å². The standard InChI is InChI=1S/C26H30Cl2N6O2Si.C20H16Cl2N6O2.C16H18N4.C13H10BrN3.C9H7Br.4CH4/c1-17-29-14-20(15-30-17)33-10-9-18-13-19(7-8-21(18)33)34(11-12-36-37(5,6)26(2,3)4)25(35)22-23(27)31-16-32-24(22)28;1-12-23-9-15(10-24-12)27-5-4-13-8-14(2-3-16(13)27)28(6-7-29)20(30)17-18(21)25-11-26-19(17)22;1-3-7-17-14-4-5-16-13(9-14)6-8-20(16)15-10-18-12(2)19-11-15;1-9-15-7-12(8-16-9)17-5-4-10-6-11(14)2-3-13(10)17;10-9-5-4-7-2-1-3-8(7)6-9;;;;/h7-10,13-16H,11-12H2,1-6H3;2-5,8-11,29H,6-7H2,1H3;4-6,8-11,17H,3,7H2,1-2H3;2-8H,1H3;1,3-6H,2H2;4*1H4. The van der Waals surface area contributed by atoms with Crippen molar-refractivity contribution in [2.24, 2.45) is 0 Å². The number of aryl methyl sites for hydroxylation is 4. The molecule has 0 bridgehead atoms. The number of hydrogen-bond acceptors (Lipinski definition) is 17. The van der Waals surface area contributed by atoms with E-state index in [1.54, 1.807) is 35.8 Å². The Bertz CT molecular complexity index is 5900.